The van der Waals surface area contributed by atoms with Gasteiger partial charge in [0, 0.05) is 29.0 Å². The molecule has 10 heteroatoms. The van der Waals surface area contributed by atoms with Gasteiger partial charge in [-0.05, 0) is 31.2 Å². The molecule has 0 saturated carbocycles. The lowest BCUT2D eigenvalue weighted by molar-refractivity contribution is 0.0732. The molecule has 184 valence electrons. The van der Waals surface area contributed by atoms with Crippen molar-refractivity contribution in [2.45, 2.75) is 30.9 Å². The molecule has 0 saturated heterocycles. The van der Waals surface area contributed by atoms with Gasteiger partial charge in [0.15, 0.2) is 29.2 Å². The summed E-state index contributed by atoms with van der Waals surface area (Å²) >= 11 is 0. The van der Waals surface area contributed by atoms with E-state index in [1.807, 2.05) is 26.0 Å². The minimum absolute atomic E-state index is 0.0105. The zero-order valence-corrected chi connectivity index (χ0v) is 20.3. The Balaban J connectivity index is 1.51. The lowest BCUT2D eigenvalue weighted by Crippen LogP contribution is -2.52. The van der Waals surface area contributed by atoms with Crippen LogP contribution in [0.15, 0.2) is 59.5 Å². The van der Waals surface area contributed by atoms with Gasteiger partial charge >= 0.3 is 0 Å². The fraction of sp³-hybridized carbons (Fsp3) is 0.280. The molecular formula is C25H26N2O7S. The number of ether oxygens (including phenoxy) is 4. The van der Waals surface area contributed by atoms with Gasteiger partial charge in [-0.25, -0.2) is 13.8 Å². The number of phenolic OH excluding ortho intramolecular Hbond substituents is 1. The van der Waals surface area contributed by atoms with Gasteiger partial charge in [-0.15, -0.1) is 4.83 Å². The molecule has 0 radical (unpaired) electrons. The van der Waals surface area contributed by atoms with Gasteiger partial charge < -0.3 is 24.1 Å². The van der Waals surface area contributed by atoms with E-state index < -0.39 is 16.3 Å². The van der Waals surface area contributed by atoms with Crippen molar-refractivity contribution in [1.82, 2.24) is 10.3 Å². The summed E-state index contributed by atoms with van der Waals surface area (Å²) < 4.78 is 48.3. The van der Waals surface area contributed by atoms with Crippen LogP contribution in [0.2, 0.25) is 0 Å². The Hall–Kier alpha value is -3.47. The van der Waals surface area contributed by atoms with Crippen LogP contribution in [0.1, 0.15) is 29.5 Å². The molecule has 3 N–H and O–H groups in total. The third kappa shape index (κ3) is 4.24. The summed E-state index contributed by atoms with van der Waals surface area (Å²) in [5.74, 6) is 1.27. The number of hydrogen-bond acceptors (Lipinski definition) is 8. The van der Waals surface area contributed by atoms with Crippen molar-refractivity contribution in [2.24, 2.45) is 5.92 Å². The minimum atomic E-state index is -3.84. The molecule has 35 heavy (non-hydrogen) atoms. The number of para-hydroxylation sites is 1. The van der Waals surface area contributed by atoms with Gasteiger partial charge in [-0.1, -0.05) is 36.8 Å². The van der Waals surface area contributed by atoms with E-state index in [-0.39, 0.29) is 29.3 Å². The molecule has 3 atom stereocenters. The van der Waals surface area contributed by atoms with Crippen molar-refractivity contribution in [3.63, 3.8) is 0 Å². The predicted octanol–water partition coefficient (Wildman–Crippen LogP) is 3.41. The summed E-state index contributed by atoms with van der Waals surface area (Å²) in [6, 6.07) is 15.4. The van der Waals surface area contributed by atoms with E-state index >= 15 is 0 Å². The summed E-state index contributed by atoms with van der Waals surface area (Å²) in [4.78, 5) is 2.57. The van der Waals surface area contributed by atoms with E-state index in [1.165, 1.54) is 19.2 Å². The quantitative estimate of drug-likeness (QED) is 0.443. The first kappa shape index (κ1) is 23.3. The van der Waals surface area contributed by atoms with Crippen molar-refractivity contribution >= 4 is 10.0 Å². The maximum absolute atomic E-state index is 12.9. The Morgan fingerprint density at radius 2 is 1.71 bits per heavy atom. The Labute approximate surface area is 203 Å². The molecule has 0 bridgehead atoms. The van der Waals surface area contributed by atoms with Crippen LogP contribution in [-0.2, 0) is 10.0 Å². The molecule has 0 unspecified atom stereocenters. The van der Waals surface area contributed by atoms with Crippen molar-refractivity contribution in [3.8, 4) is 28.7 Å². The van der Waals surface area contributed by atoms with E-state index in [0.29, 0.717) is 28.6 Å². The number of nitrogens with one attached hydrogen (secondary N) is 2. The molecule has 0 amide bonds. The highest BCUT2D eigenvalue weighted by Crippen LogP contribution is 2.51. The fourth-order valence-electron chi connectivity index (χ4n) is 4.46. The molecule has 2 heterocycles. The van der Waals surface area contributed by atoms with Crippen LogP contribution >= 0.6 is 0 Å². The van der Waals surface area contributed by atoms with Crippen molar-refractivity contribution in [3.05, 3.63) is 71.3 Å². The van der Waals surface area contributed by atoms with E-state index in [0.717, 1.165) is 11.1 Å². The normalized spacial score (nSPS) is 20.7. The van der Waals surface area contributed by atoms with Crippen LogP contribution in [0.25, 0.3) is 0 Å². The van der Waals surface area contributed by atoms with Gasteiger partial charge in [-0.3, -0.25) is 0 Å². The highest BCUT2D eigenvalue weighted by Gasteiger charge is 2.40. The number of fused-ring (bicyclic) bond motifs is 2. The molecule has 5 rings (SSSR count). The lowest BCUT2D eigenvalue weighted by Gasteiger charge is -2.38. The van der Waals surface area contributed by atoms with Crippen molar-refractivity contribution in [2.75, 3.05) is 13.9 Å². The summed E-state index contributed by atoms with van der Waals surface area (Å²) in [7, 11) is -2.35. The second-order valence-corrected chi connectivity index (χ2v) is 10.3. The molecule has 0 fully saturated rings. The topological polar surface area (TPSA) is 115 Å². The van der Waals surface area contributed by atoms with Crippen molar-refractivity contribution in [1.29, 1.82) is 0 Å². The number of rotatable bonds is 6. The van der Waals surface area contributed by atoms with E-state index in [4.69, 9.17) is 18.9 Å². The summed E-state index contributed by atoms with van der Waals surface area (Å²) in [5.41, 5.74) is 5.19. The molecule has 3 aromatic rings. The highest BCUT2D eigenvalue weighted by molar-refractivity contribution is 7.89. The smallest absolute Gasteiger partial charge is 0.253 e. The van der Waals surface area contributed by atoms with Crippen LogP contribution < -0.4 is 29.2 Å². The number of benzene rings is 3. The van der Waals surface area contributed by atoms with Crippen LogP contribution in [0.4, 0.5) is 0 Å². The van der Waals surface area contributed by atoms with Gasteiger partial charge in [0.25, 0.3) is 10.0 Å². The first-order chi connectivity index (χ1) is 16.8. The van der Waals surface area contributed by atoms with Crippen LogP contribution in [0, 0.1) is 12.8 Å². The van der Waals surface area contributed by atoms with E-state index in [9.17, 15) is 13.5 Å². The number of sulfonamides is 1. The molecule has 2 aliphatic heterocycles. The van der Waals surface area contributed by atoms with E-state index in [2.05, 4.69) is 10.3 Å². The van der Waals surface area contributed by atoms with Gasteiger partial charge in [0.1, 0.15) is 5.75 Å². The molecule has 9 nitrogen and oxygen atoms in total. The first-order valence-electron chi connectivity index (χ1n) is 11.1. The SMILES string of the molecule is COc1cccc([C@@H]2c3cc4c(cc3O[C@H](NNS(=O)(=O)c3ccc(C)cc3)[C@@H]2C)OCO4)c1O. The molecule has 3 aromatic carbocycles. The monoisotopic (exact) mass is 498 g/mol. The number of aryl methyl sites for hydroxylation is 1. The molecular weight excluding hydrogens is 472 g/mol. The Morgan fingerprint density at radius 3 is 2.43 bits per heavy atom. The molecule has 2 aliphatic rings. The average Bonchev–Trinajstić information content (AvgIpc) is 3.30. The maximum Gasteiger partial charge on any atom is 0.253 e. The zero-order chi connectivity index (χ0) is 24.7. The predicted molar refractivity (Wildman–Crippen MR) is 127 cm³/mol. The highest BCUT2D eigenvalue weighted by atomic mass is 32.2. The summed E-state index contributed by atoms with van der Waals surface area (Å²) in [5, 5.41) is 10.9. The Morgan fingerprint density at radius 1 is 1.00 bits per heavy atom. The third-order valence-corrected chi connectivity index (χ3v) is 7.63. The number of hydrogen-bond donors (Lipinski definition) is 3. The fourth-order valence-corrected chi connectivity index (χ4v) is 5.35. The van der Waals surface area contributed by atoms with Gasteiger partial charge in [0.2, 0.25) is 6.79 Å². The Bertz CT molecular complexity index is 1360. The number of phenols is 1. The number of hydrazine groups is 1. The minimum Gasteiger partial charge on any atom is -0.504 e. The van der Waals surface area contributed by atoms with Gasteiger partial charge in [0.05, 0.1) is 12.0 Å². The Kier molecular flexibility index (Phi) is 5.96. The maximum atomic E-state index is 12.9. The van der Waals surface area contributed by atoms with E-state index in [1.54, 1.807) is 30.3 Å². The second kappa shape index (κ2) is 8.95. The summed E-state index contributed by atoms with van der Waals surface area (Å²) in [6.45, 7) is 3.90. The number of methoxy groups -OCH3 is 1. The summed E-state index contributed by atoms with van der Waals surface area (Å²) in [6.07, 6.45) is -0.765. The van der Waals surface area contributed by atoms with Crippen LogP contribution in [-0.4, -0.2) is 33.7 Å². The molecule has 0 aliphatic carbocycles. The third-order valence-electron chi connectivity index (χ3n) is 6.35. The average molecular weight is 499 g/mol. The van der Waals surface area contributed by atoms with Gasteiger partial charge in [-0.2, -0.15) is 0 Å². The lowest BCUT2D eigenvalue weighted by atomic mass is 9.78. The zero-order valence-electron chi connectivity index (χ0n) is 19.4. The largest absolute Gasteiger partial charge is 0.504 e. The first-order valence-corrected chi connectivity index (χ1v) is 12.6. The second-order valence-electron chi connectivity index (χ2n) is 8.58. The number of aromatic hydroxyl groups is 1. The van der Waals surface area contributed by atoms with Crippen molar-refractivity contribution < 1.29 is 32.5 Å². The standard InChI is InChI=1S/C25H26N2O7S/c1-14-7-9-16(10-8-14)35(29,30)27-26-25-15(2)23(17-5-4-6-19(31-3)24(17)28)18-11-21-22(33-13-32-21)12-20(18)34-25/h4-12,15,23,25-28H,13H2,1-3H3/t15-,23-,25+/m1/s1. The van der Waals surface area contributed by atoms with Crippen LogP contribution in [0.3, 0.4) is 0 Å². The van der Waals surface area contributed by atoms with Crippen LogP contribution in [0.5, 0.6) is 28.7 Å². The molecule has 0 aromatic heterocycles. The molecule has 0 spiro atoms.